The van der Waals surface area contributed by atoms with E-state index in [1.807, 2.05) is 35.7 Å². The molecule has 2 fully saturated rings. The van der Waals surface area contributed by atoms with E-state index in [0.29, 0.717) is 23.6 Å². The molecule has 1 aromatic heterocycles. The van der Waals surface area contributed by atoms with Crippen LogP contribution in [0.15, 0.2) is 6.20 Å². The molecule has 2 aliphatic rings. The maximum Gasteiger partial charge on any atom is 0.257 e. The van der Waals surface area contributed by atoms with Gasteiger partial charge in [-0.25, -0.2) is 9.97 Å². The number of nitrogens with zero attached hydrogens (tertiary/aromatic N) is 5. The molecule has 7 heteroatoms. The molecule has 1 unspecified atom stereocenters. The Hall–Kier alpha value is -2.02. The molecule has 1 atom stereocenters. The Labute approximate surface area is 161 Å². The lowest BCUT2D eigenvalue weighted by Gasteiger charge is -2.35. The molecule has 0 aromatic carbocycles. The second-order valence-electron chi connectivity index (χ2n) is 7.92. The molecule has 3 rings (SSSR count). The maximum absolute atomic E-state index is 12.8. The minimum Gasteiger partial charge on any atom is -0.339 e. The van der Waals surface area contributed by atoms with Gasteiger partial charge in [-0.3, -0.25) is 9.59 Å². The average molecular weight is 374 g/mol. The van der Waals surface area contributed by atoms with Crippen LogP contribution in [-0.4, -0.2) is 76.8 Å². The number of carbonyl (C=O) groups is 2. The van der Waals surface area contributed by atoms with Crippen molar-refractivity contribution in [1.29, 1.82) is 0 Å². The van der Waals surface area contributed by atoms with Crippen LogP contribution < -0.4 is 0 Å². The van der Waals surface area contributed by atoms with Crippen LogP contribution in [0.25, 0.3) is 0 Å². The van der Waals surface area contributed by atoms with E-state index < -0.39 is 0 Å². The van der Waals surface area contributed by atoms with E-state index in [0.717, 1.165) is 51.7 Å². The molecule has 0 saturated carbocycles. The normalized spacial score (nSPS) is 20.8. The van der Waals surface area contributed by atoms with E-state index in [1.54, 1.807) is 6.20 Å². The molecule has 1 aromatic rings. The van der Waals surface area contributed by atoms with Gasteiger partial charge < -0.3 is 14.7 Å². The van der Waals surface area contributed by atoms with Gasteiger partial charge in [0.05, 0.1) is 23.8 Å². The van der Waals surface area contributed by atoms with Gasteiger partial charge in [0.25, 0.3) is 5.91 Å². The fraction of sp³-hybridized carbons (Fsp3) is 0.700. The van der Waals surface area contributed by atoms with Crippen LogP contribution >= 0.6 is 0 Å². The molecule has 0 aliphatic carbocycles. The van der Waals surface area contributed by atoms with Crippen LogP contribution in [0.2, 0.25) is 0 Å². The zero-order chi connectivity index (χ0) is 19.4. The van der Waals surface area contributed by atoms with E-state index >= 15 is 0 Å². The standard InChI is InChI=1S/C20H31N5O2/c1-15-16(20(27)24-10-6-4-7-11-24)13-21-19(22-15)17-9-5-8-12-25(17)18(26)14-23(2)3/h13,17H,4-12,14H2,1-3H3. The van der Waals surface area contributed by atoms with Crippen molar-refractivity contribution >= 4 is 11.8 Å². The number of piperidine rings is 2. The lowest BCUT2D eigenvalue weighted by atomic mass is 10.0. The van der Waals surface area contributed by atoms with E-state index in [9.17, 15) is 9.59 Å². The monoisotopic (exact) mass is 373 g/mol. The topological polar surface area (TPSA) is 69.6 Å². The molecular weight excluding hydrogens is 342 g/mol. The molecule has 3 heterocycles. The van der Waals surface area contributed by atoms with Crippen molar-refractivity contribution in [3.05, 3.63) is 23.3 Å². The van der Waals surface area contributed by atoms with Crippen LogP contribution in [0.1, 0.15) is 66.4 Å². The van der Waals surface area contributed by atoms with Gasteiger partial charge in [-0.1, -0.05) is 0 Å². The first-order valence-corrected chi connectivity index (χ1v) is 10.0. The second-order valence-corrected chi connectivity index (χ2v) is 7.92. The largest absolute Gasteiger partial charge is 0.339 e. The Morgan fingerprint density at radius 2 is 1.81 bits per heavy atom. The molecule has 0 radical (unpaired) electrons. The Morgan fingerprint density at radius 1 is 1.11 bits per heavy atom. The van der Waals surface area contributed by atoms with Crippen molar-refractivity contribution in [3.63, 3.8) is 0 Å². The zero-order valence-corrected chi connectivity index (χ0v) is 16.8. The van der Waals surface area contributed by atoms with Crippen LogP contribution in [0, 0.1) is 6.92 Å². The SMILES string of the molecule is Cc1nc(C2CCCCN2C(=O)CN(C)C)ncc1C(=O)N1CCCCC1. The number of likely N-dealkylation sites (N-methyl/N-ethyl adjacent to an activating group) is 1. The van der Waals surface area contributed by atoms with E-state index in [1.165, 1.54) is 6.42 Å². The summed E-state index contributed by atoms with van der Waals surface area (Å²) in [6, 6.07) is -0.0935. The lowest BCUT2D eigenvalue weighted by molar-refractivity contribution is -0.135. The summed E-state index contributed by atoms with van der Waals surface area (Å²) in [4.78, 5) is 40.3. The maximum atomic E-state index is 12.8. The molecule has 27 heavy (non-hydrogen) atoms. The summed E-state index contributed by atoms with van der Waals surface area (Å²) in [5, 5.41) is 0. The number of rotatable bonds is 4. The Morgan fingerprint density at radius 3 is 2.48 bits per heavy atom. The quantitative estimate of drug-likeness (QED) is 0.808. The third kappa shape index (κ3) is 4.64. The first-order valence-electron chi connectivity index (χ1n) is 10.0. The summed E-state index contributed by atoms with van der Waals surface area (Å²) in [7, 11) is 3.80. The van der Waals surface area contributed by atoms with E-state index in [2.05, 4.69) is 9.97 Å². The molecule has 2 saturated heterocycles. The van der Waals surface area contributed by atoms with Crippen molar-refractivity contribution in [2.45, 2.75) is 51.5 Å². The fourth-order valence-electron chi connectivity index (χ4n) is 3.98. The predicted octanol–water partition coefficient (Wildman–Crippen LogP) is 2.03. The van der Waals surface area contributed by atoms with Gasteiger partial charge in [-0.2, -0.15) is 0 Å². The van der Waals surface area contributed by atoms with Crippen molar-refractivity contribution in [3.8, 4) is 0 Å². The average Bonchev–Trinajstić information content (AvgIpc) is 2.67. The van der Waals surface area contributed by atoms with Crippen molar-refractivity contribution < 1.29 is 9.59 Å². The van der Waals surface area contributed by atoms with Gasteiger partial charge in [0.1, 0.15) is 0 Å². The number of hydrogen-bond acceptors (Lipinski definition) is 5. The van der Waals surface area contributed by atoms with Crippen LogP contribution in [-0.2, 0) is 4.79 Å². The molecule has 0 bridgehead atoms. The molecule has 2 aliphatic heterocycles. The van der Waals surface area contributed by atoms with Crippen LogP contribution in [0.5, 0.6) is 0 Å². The van der Waals surface area contributed by atoms with E-state index in [-0.39, 0.29) is 17.9 Å². The number of carbonyl (C=O) groups excluding carboxylic acids is 2. The Bertz CT molecular complexity index is 685. The molecular formula is C20H31N5O2. The Kier molecular flexibility index (Phi) is 6.42. The summed E-state index contributed by atoms with van der Waals surface area (Å²) in [5.74, 6) is 0.803. The summed E-state index contributed by atoms with van der Waals surface area (Å²) in [6.07, 6.45) is 7.93. The third-order valence-corrected chi connectivity index (χ3v) is 5.44. The van der Waals surface area contributed by atoms with Crippen molar-refractivity contribution in [2.75, 3.05) is 40.3 Å². The highest BCUT2D eigenvalue weighted by atomic mass is 16.2. The molecule has 148 valence electrons. The predicted molar refractivity (Wildman–Crippen MR) is 103 cm³/mol. The van der Waals surface area contributed by atoms with Gasteiger partial charge in [-0.05, 0) is 59.5 Å². The summed E-state index contributed by atoms with van der Waals surface area (Å²) >= 11 is 0. The zero-order valence-electron chi connectivity index (χ0n) is 16.8. The highest BCUT2D eigenvalue weighted by Crippen LogP contribution is 2.29. The van der Waals surface area contributed by atoms with Gasteiger partial charge in [0.15, 0.2) is 5.82 Å². The smallest absolute Gasteiger partial charge is 0.257 e. The molecule has 7 nitrogen and oxygen atoms in total. The third-order valence-electron chi connectivity index (χ3n) is 5.44. The first-order chi connectivity index (χ1) is 13.0. The highest BCUT2D eigenvalue weighted by molar-refractivity contribution is 5.95. The first kappa shape index (κ1) is 19.7. The highest BCUT2D eigenvalue weighted by Gasteiger charge is 2.31. The van der Waals surface area contributed by atoms with Crippen molar-refractivity contribution in [2.24, 2.45) is 0 Å². The summed E-state index contributed by atoms with van der Waals surface area (Å²) in [5.41, 5.74) is 1.30. The number of amides is 2. The minimum atomic E-state index is -0.0935. The fourth-order valence-corrected chi connectivity index (χ4v) is 3.98. The summed E-state index contributed by atoms with van der Waals surface area (Å²) in [6.45, 7) is 4.64. The number of likely N-dealkylation sites (tertiary alicyclic amines) is 2. The molecule has 0 spiro atoms. The van der Waals surface area contributed by atoms with E-state index in [4.69, 9.17) is 0 Å². The number of hydrogen-bond donors (Lipinski definition) is 0. The van der Waals surface area contributed by atoms with Gasteiger partial charge >= 0.3 is 0 Å². The molecule has 0 N–H and O–H groups in total. The van der Waals surface area contributed by atoms with Gasteiger partial charge in [0, 0.05) is 25.8 Å². The number of aromatic nitrogens is 2. The second kappa shape index (κ2) is 8.78. The van der Waals surface area contributed by atoms with Crippen molar-refractivity contribution in [1.82, 2.24) is 24.7 Å². The number of aryl methyl sites for hydroxylation is 1. The minimum absolute atomic E-state index is 0.0305. The van der Waals surface area contributed by atoms with Crippen LogP contribution in [0.4, 0.5) is 0 Å². The van der Waals surface area contributed by atoms with Gasteiger partial charge in [-0.15, -0.1) is 0 Å². The molecule has 2 amide bonds. The summed E-state index contributed by atoms with van der Waals surface area (Å²) < 4.78 is 0. The lowest BCUT2D eigenvalue weighted by Crippen LogP contribution is -2.43. The van der Waals surface area contributed by atoms with Gasteiger partial charge in [0.2, 0.25) is 5.91 Å². The van der Waals surface area contributed by atoms with Crippen LogP contribution in [0.3, 0.4) is 0 Å². The Balaban J connectivity index is 1.78.